The lowest BCUT2D eigenvalue weighted by Crippen LogP contribution is -2.44. The van der Waals surface area contributed by atoms with E-state index in [1.54, 1.807) is 47.6 Å². The molecule has 0 aliphatic carbocycles. The minimum atomic E-state index is -1.16. The maximum atomic E-state index is 14.4. The molecular weight excluding hydrogens is 620 g/mol. The van der Waals surface area contributed by atoms with Crippen molar-refractivity contribution in [1.82, 2.24) is 15.2 Å². The third-order valence-electron chi connectivity index (χ3n) is 5.33. The van der Waals surface area contributed by atoms with Crippen LogP contribution in [-0.4, -0.2) is 51.6 Å². The number of hydrogen-bond donors (Lipinski definition) is 1. The fourth-order valence-corrected chi connectivity index (χ4v) is 4.20. The lowest BCUT2D eigenvalue weighted by atomic mass is 10.1. The Bertz CT molecular complexity index is 1510. The molecule has 3 amide bonds. The number of anilines is 2. The molecule has 0 fully saturated rings. The van der Waals surface area contributed by atoms with Gasteiger partial charge in [0.15, 0.2) is 11.4 Å². The molecule has 1 N–H and O–H groups in total. The number of nitrogens with zero attached hydrogens (tertiary/aromatic N) is 4. The van der Waals surface area contributed by atoms with Crippen LogP contribution in [0.15, 0.2) is 36.5 Å². The second-order valence-electron chi connectivity index (χ2n) is 11.3. The van der Waals surface area contributed by atoms with Crippen molar-refractivity contribution in [3.8, 4) is 11.6 Å². The van der Waals surface area contributed by atoms with Crippen LogP contribution in [0.4, 0.5) is 25.5 Å². The molecule has 2 aromatic heterocycles. The third-order valence-corrected chi connectivity index (χ3v) is 6.04. The highest BCUT2D eigenvalue weighted by Gasteiger charge is 2.37. The molecule has 0 saturated carbocycles. The normalized spacial score (nSPS) is 12.2. The van der Waals surface area contributed by atoms with E-state index in [9.17, 15) is 18.8 Å². The number of carbonyl (C=O) groups is 3. The summed E-state index contributed by atoms with van der Waals surface area (Å²) in [4.78, 5) is 44.4. The monoisotopic (exact) mass is 651 g/mol. The Hall–Kier alpha value is -4.23. The number of ether oxygens (including phenoxy) is 4. The molecule has 0 aliphatic rings. The van der Waals surface area contributed by atoms with Crippen molar-refractivity contribution in [2.75, 3.05) is 17.3 Å². The van der Waals surface area contributed by atoms with Gasteiger partial charge in [0.2, 0.25) is 11.7 Å². The van der Waals surface area contributed by atoms with Crippen LogP contribution in [-0.2, 0) is 9.47 Å². The second-order valence-corrected chi connectivity index (χ2v) is 12.1. The summed E-state index contributed by atoms with van der Waals surface area (Å²) in [6.07, 6.45) is -2.06. The van der Waals surface area contributed by atoms with Crippen molar-refractivity contribution < 1.29 is 37.7 Å². The fourth-order valence-electron chi connectivity index (χ4n) is 3.52. The number of hydrogen-bond acceptors (Lipinski definition) is 10. The quantitative estimate of drug-likeness (QED) is 0.257. The van der Waals surface area contributed by atoms with Gasteiger partial charge in [-0.15, -0.1) is 10.2 Å². The highest BCUT2D eigenvalue weighted by molar-refractivity contribution is 6.36. The largest absolute Gasteiger partial charge is 0.482 e. The third kappa shape index (κ3) is 8.89. The number of methoxy groups -OCH3 is 1. The Morgan fingerprint density at radius 2 is 1.57 bits per heavy atom. The van der Waals surface area contributed by atoms with E-state index in [0.717, 1.165) is 12.1 Å². The summed E-state index contributed by atoms with van der Waals surface area (Å²) in [6, 6.07) is 6.59. The minimum Gasteiger partial charge on any atom is -0.482 e. The molecule has 0 saturated heterocycles. The van der Waals surface area contributed by atoms with Crippen LogP contribution in [0.1, 0.15) is 70.6 Å². The van der Waals surface area contributed by atoms with E-state index >= 15 is 0 Å². The van der Waals surface area contributed by atoms with Crippen molar-refractivity contribution in [2.45, 2.75) is 65.8 Å². The molecule has 0 radical (unpaired) electrons. The first-order valence-corrected chi connectivity index (χ1v) is 13.9. The molecule has 1 aromatic carbocycles. The maximum absolute atomic E-state index is 14.4. The molecule has 3 aromatic rings. The first kappa shape index (κ1) is 34.3. The van der Waals surface area contributed by atoms with Gasteiger partial charge in [-0.3, -0.25) is 4.79 Å². The van der Waals surface area contributed by atoms with Crippen LogP contribution in [0.2, 0.25) is 10.0 Å². The summed E-state index contributed by atoms with van der Waals surface area (Å²) >= 11 is 12.5. The van der Waals surface area contributed by atoms with Crippen LogP contribution >= 0.6 is 23.2 Å². The molecule has 15 heteroatoms. The Balaban J connectivity index is 2.14. The lowest BCUT2D eigenvalue weighted by Gasteiger charge is -2.29. The van der Waals surface area contributed by atoms with Crippen LogP contribution in [0.5, 0.6) is 11.6 Å². The number of pyridine rings is 1. The second kappa shape index (κ2) is 13.6. The van der Waals surface area contributed by atoms with Gasteiger partial charge in [0.1, 0.15) is 23.1 Å². The first-order chi connectivity index (χ1) is 20.4. The smallest absolute Gasteiger partial charge is 0.425 e. The number of nitrogens with one attached hydrogen (secondary N) is 1. The van der Waals surface area contributed by atoms with Crippen LogP contribution in [0.3, 0.4) is 0 Å². The highest BCUT2D eigenvalue weighted by atomic mass is 35.5. The predicted molar refractivity (Wildman–Crippen MR) is 161 cm³/mol. The van der Waals surface area contributed by atoms with Gasteiger partial charge in [-0.05, 0) is 66.7 Å². The summed E-state index contributed by atoms with van der Waals surface area (Å²) in [7, 11) is 1.45. The van der Waals surface area contributed by atoms with Gasteiger partial charge in [-0.1, -0.05) is 23.2 Å². The van der Waals surface area contributed by atoms with E-state index in [-0.39, 0.29) is 27.1 Å². The molecule has 12 nitrogen and oxygen atoms in total. The molecule has 0 aliphatic heterocycles. The zero-order chi connectivity index (χ0) is 33.0. The number of rotatable bonds is 7. The molecule has 0 bridgehead atoms. The lowest BCUT2D eigenvalue weighted by molar-refractivity contribution is 0.0425. The van der Waals surface area contributed by atoms with Gasteiger partial charge in [-0.2, -0.15) is 4.90 Å². The van der Waals surface area contributed by atoms with E-state index in [1.807, 2.05) is 0 Å². The van der Waals surface area contributed by atoms with E-state index in [4.69, 9.17) is 42.1 Å². The summed E-state index contributed by atoms with van der Waals surface area (Å²) in [5.41, 5.74) is -1.98. The van der Waals surface area contributed by atoms with E-state index in [1.165, 1.54) is 32.4 Å². The number of benzene rings is 1. The summed E-state index contributed by atoms with van der Waals surface area (Å²) in [6.45, 7) is 11.1. The van der Waals surface area contributed by atoms with Gasteiger partial charge >= 0.3 is 12.2 Å². The molecular formula is C29H32Cl2FN5O7. The number of halogens is 3. The highest BCUT2D eigenvalue weighted by Crippen LogP contribution is 2.38. The number of imide groups is 1. The predicted octanol–water partition coefficient (Wildman–Crippen LogP) is 7.40. The standard InChI is InChI=1S/C29H32Cl2FN5O7/c1-15(22-17(30)10-11-18(32)23(22)31)42-20-13-19(25(38)34-16-9-12-21(41-8)33-14-16)35-36-24(20)37(26(39)43-28(2,3)4)27(40)44-29(5,6)7/h9-15H,1-8H3,(H,34,38). The molecule has 3 rings (SSSR count). The Morgan fingerprint density at radius 3 is 2.09 bits per heavy atom. The minimum absolute atomic E-state index is 0.0625. The van der Waals surface area contributed by atoms with Gasteiger partial charge in [-0.25, -0.2) is 19.0 Å². The average Bonchev–Trinajstić information content (AvgIpc) is 2.90. The zero-order valence-electron chi connectivity index (χ0n) is 25.3. The van der Waals surface area contributed by atoms with Crippen molar-refractivity contribution in [3.05, 3.63) is 63.6 Å². The molecule has 0 spiro atoms. The van der Waals surface area contributed by atoms with Crippen molar-refractivity contribution >= 4 is 52.8 Å². The van der Waals surface area contributed by atoms with Crippen molar-refractivity contribution in [2.24, 2.45) is 0 Å². The topological polar surface area (TPSA) is 142 Å². The summed E-state index contributed by atoms with van der Waals surface area (Å²) < 4.78 is 36.3. The van der Waals surface area contributed by atoms with Crippen molar-refractivity contribution in [3.63, 3.8) is 0 Å². The number of carbonyl (C=O) groups excluding carboxylic acids is 3. The number of amides is 3. The molecule has 1 atom stereocenters. The van der Waals surface area contributed by atoms with Gasteiger partial charge in [0.05, 0.1) is 24.0 Å². The van der Waals surface area contributed by atoms with E-state index in [2.05, 4.69) is 20.5 Å². The summed E-state index contributed by atoms with van der Waals surface area (Å²) in [5, 5.41) is 10.3. The van der Waals surface area contributed by atoms with Crippen LogP contribution in [0, 0.1) is 5.82 Å². The van der Waals surface area contributed by atoms with E-state index in [0.29, 0.717) is 16.5 Å². The van der Waals surface area contributed by atoms with Gasteiger partial charge < -0.3 is 24.3 Å². The van der Waals surface area contributed by atoms with Gasteiger partial charge in [0.25, 0.3) is 5.91 Å². The Morgan fingerprint density at radius 1 is 0.955 bits per heavy atom. The molecule has 2 heterocycles. The van der Waals surface area contributed by atoms with E-state index < -0.39 is 47.0 Å². The summed E-state index contributed by atoms with van der Waals surface area (Å²) in [5.74, 6) is -1.95. The van der Waals surface area contributed by atoms with Crippen LogP contribution in [0.25, 0.3) is 0 Å². The maximum Gasteiger partial charge on any atom is 0.425 e. The SMILES string of the molecule is COc1ccc(NC(=O)c2cc(OC(C)c3c(Cl)ccc(F)c3Cl)c(N(C(=O)OC(C)(C)C)C(=O)OC(C)(C)C)nn2)cn1. The Kier molecular flexibility index (Phi) is 10.6. The molecule has 236 valence electrons. The molecule has 1 unspecified atom stereocenters. The fraction of sp³-hybridized carbons (Fsp3) is 0.379. The van der Waals surface area contributed by atoms with Crippen molar-refractivity contribution in [1.29, 1.82) is 0 Å². The molecule has 44 heavy (non-hydrogen) atoms. The first-order valence-electron chi connectivity index (χ1n) is 13.2. The van der Waals surface area contributed by atoms with Gasteiger partial charge in [0, 0.05) is 22.7 Å². The number of aromatic nitrogens is 3. The van der Waals surface area contributed by atoms with Crippen LogP contribution < -0.4 is 19.7 Å². The average molecular weight is 653 g/mol. The Labute approximate surface area is 263 Å². The zero-order valence-corrected chi connectivity index (χ0v) is 26.8.